The van der Waals surface area contributed by atoms with Gasteiger partial charge in [0, 0.05) is 67.5 Å². The zero-order valence-corrected chi connectivity index (χ0v) is 22.8. The van der Waals surface area contributed by atoms with Gasteiger partial charge in [0.05, 0.1) is 34.1 Å². The minimum atomic E-state index is -0.617. The fraction of sp³-hybridized carbons (Fsp3) is 0.233. The third kappa shape index (κ3) is 4.39. The van der Waals surface area contributed by atoms with E-state index in [0.29, 0.717) is 29.9 Å². The molecule has 41 heavy (non-hydrogen) atoms. The number of anilines is 1. The topological polar surface area (TPSA) is 104 Å². The maximum absolute atomic E-state index is 14.1. The van der Waals surface area contributed by atoms with E-state index in [-0.39, 0.29) is 10.6 Å². The number of piperidine rings is 1. The Balaban J connectivity index is 1.05. The van der Waals surface area contributed by atoms with Crippen LogP contribution in [-0.2, 0) is 7.05 Å². The van der Waals surface area contributed by atoms with Crippen LogP contribution in [0, 0.1) is 34.9 Å². The van der Waals surface area contributed by atoms with Gasteiger partial charge in [0.25, 0.3) is 5.91 Å². The fourth-order valence-corrected chi connectivity index (χ4v) is 6.29. The molecule has 1 aliphatic carbocycles. The molecule has 9 nitrogen and oxygen atoms in total. The number of carbonyl (C=O) groups excluding carboxylic acids is 1. The summed E-state index contributed by atoms with van der Waals surface area (Å²) in [5.74, 6) is 1.05. The highest BCUT2D eigenvalue weighted by Gasteiger charge is 2.55. The van der Waals surface area contributed by atoms with Crippen LogP contribution in [0.2, 0.25) is 5.02 Å². The largest absolute Gasteiger partial charge is 0.356 e. The molecule has 0 bridgehead atoms. The summed E-state index contributed by atoms with van der Waals surface area (Å²) in [5.41, 5.74) is 4.77. The van der Waals surface area contributed by atoms with E-state index < -0.39 is 11.7 Å². The Morgan fingerprint density at radius 3 is 2.61 bits per heavy atom. The molecule has 2 aliphatic rings. The first-order valence-electron chi connectivity index (χ1n) is 13.3. The highest BCUT2D eigenvalue weighted by Crippen LogP contribution is 2.52. The van der Waals surface area contributed by atoms with Crippen LogP contribution in [0.15, 0.2) is 67.4 Å². The number of benzene rings is 1. The van der Waals surface area contributed by atoms with Gasteiger partial charge < -0.3 is 10.2 Å². The molecule has 1 amide bonds. The van der Waals surface area contributed by atoms with Crippen LogP contribution in [-0.4, -0.2) is 49.9 Å². The van der Waals surface area contributed by atoms with Gasteiger partial charge in [-0.1, -0.05) is 17.7 Å². The molecule has 11 heteroatoms. The van der Waals surface area contributed by atoms with E-state index >= 15 is 0 Å². The molecule has 1 aromatic carbocycles. The molecule has 2 fully saturated rings. The lowest BCUT2D eigenvalue weighted by molar-refractivity contribution is 0.0946. The smallest absolute Gasteiger partial charge is 0.255 e. The number of aryl methyl sites for hydroxylation is 1. The number of fused-ring (bicyclic) bond motifs is 2. The first-order chi connectivity index (χ1) is 19.9. The fourth-order valence-electron chi connectivity index (χ4n) is 6.04. The number of rotatable bonds is 6. The Morgan fingerprint density at radius 1 is 1.10 bits per heavy atom. The molecule has 1 N–H and O–H groups in total. The van der Waals surface area contributed by atoms with Gasteiger partial charge in [-0.3, -0.25) is 9.48 Å². The van der Waals surface area contributed by atoms with Gasteiger partial charge in [-0.25, -0.2) is 13.9 Å². The normalized spacial score (nSPS) is 19.3. The number of nitrogens with one attached hydrogen (secondary N) is 1. The number of amides is 1. The molecule has 1 saturated carbocycles. The van der Waals surface area contributed by atoms with Crippen LogP contribution in [0.4, 0.5) is 10.2 Å². The van der Waals surface area contributed by atoms with Crippen molar-refractivity contribution in [1.82, 2.24) is 29.7 Å². The van der Waals surface area contributed by atoms with Crippen molar-refractivity contribution in [2.45, 2.75) is 0 Å². The van der Waals surface area contributed by atoms with Gasteiger partial charge >= 0.3 is 0 Å². The maximum atomic E-state index is 14.1. The molecule has 1 saturated heterocycles. The van der Waals surface area contributed by atoms with Crippen LogP contribution >= 0.6 is 11.6 Å². The van der Waals surface area contributed by atoms with Crippen LogP contribution in [0.3, 0.4) is 0 Å². The second-order valence-electron chi connectivity index (χ2n) is 10.6. The van der Waals surface area contributed by atoms with Crippen molar-refractivity contribution in [1.29, 1.82) is 5.26 Å². The van der Waals surface area contributed by atoms with Crippen molar-refractivity contribution in [2.24, 2.45) is 24.8 Å². The number of hydrogen-bond donors (Lipinski definition) is 1. The van der Waals surface area contributed by atoms with Gasteiger partial charge in [-0.15, -0.1) is 0 Å². The molecule has 5 aromatic rings. The Hall–Kier alpha value is -4.75. The van der Waals surface area contributed by atoms with E-state index in [1.807, 2.05) is 43.8 Å². The molecule has 1 aliphatic heterocycles. The maximum Gasteiger partial charge on any atom is 0.255 e. The Labute approximate surface area is 239 Å². The Morgan fingerprint density at radius 2 is 1.93 bits per heavy atom. The summed E-state index contributed by atoms with van der Waals surface area (Å²) in [6.45, 7) is 2.19. The number of pyridine rings is 2. The Bertz CT molecular complexity index is 1820. The molecular weight excluding hydrogens is 543 g/mol. The van der Waals surface area contributed by atoms with Crippen LogP contribution in [0.5, 0.6) is 0 Å². The highest BCUT2D eigenvalue weighted by molar-refractivity contribution is 6.33. The van der Waals surface area contributed by atoms with E-state index in [4.69, 9.17) is 16.6 Å². The summed E-state index contributed by atoms with van der Waals surface area (Å²) in [6, 6.07) is 12.6. The summed E-state index contributed by atoms with van der Waals surface area (Å²) in [6.07, 6.45) is 9.05. The predicted octanol–water partition coefficient (Wildman–Crippen LogP) is 4.57. The van der Waals surface area contributed by atoms with Crippen molar-refractivity contribution in [3.63, 3.8) is 0 Å². The molecule has 3 atom stereocenters. The van der Waals surface area contributed by atoms with Crippen molar-refractivity contribution in [2.75, 3.05) is 24.5 Å². The monoisotopic (exact) mass is 566 g/mol. The third-order valence-electron chi connectivity index (χ3n) is 8.21. The first-order valence-corrected chi connectivity index (χ1v) is 13.6. The third-order valence-corrected chi connectivity index (χ3v) is 8.53. The number of halogens is 2. The van der Waals surface area contributed by atoms with E-state index in [1.54, 1.807) is 21.6 Å². The number of nitrogens with zero attached hydrogens (tertiary/aromatic N) is 7. The summed E-state index contributed by atoms with van der Waals surface area (Å²) < 4.78 is 17.5. The number of nitriles is 1. The lowest BCUT2D eigenvalue weighted by Gasteiger charge is -2.21. The van der Waals surface area contributed by atoms with Gasteiger partial charge in [0.1, 0.15) is 17.7 Å². The molecule has 4 aromatic heterocycles. The summed E-state index contributed by atoms with van der Waals surface area (Å²) in [5, 5.41) is 21.4. The molecular formula is C30H24ClFN8O. The zero-order chi connectivity index (χ0) is 28.2. The quantitative estimate of drug-likeness (QED) is 0.323. The summed E-state index contributed by atoms with van der Waals surface area (Å²) in [7, 11) is 1.87. The second-order valence-corrected chi connectivity index (χ2v) is 11.0. The zero-order valence-electron chi connectivity index (χ0n) is 22.0. The first kappa shape index (κ1) is 25.2. The van der Waals surface area contributed by atoms with Crippen molar-refractivity contribution >= 4 is 28.8 Å². The van der Waals surface area contributed by atoms with E-state index in [9.17, 15) is 14.4 Å². The average molecular weight is 567 g/mol. The van der Waals surface area contributed by atoms with E-state index in [1.165, 1.54) is 18.2 Å². The molecule has 5 heterocycles. The second kappa shape index (κ2) is 9.71. The molecule has 1 unspecified atom stereocenters. The summed E-state index contributed by atoms with van der Waals surface area (Å²) in [4.78, 5) is 19.5. The lowest BCUT2D eigenvalue weighted by Crippen LogP contribution is -2.31. The van der Waals surface area contributed by atoms with Gasteiger partial charge in [0.2, 0.25) is 0 Å². The van der Waals surface area contributed by atoms with Crippen molar-refractivity contribution < 1.29 is 9.18 Å². The number of carbonyl (C=O) groups is 1. The van der Waals surface area contributed by atoms with Crippen LogP contribution < -0.4 is 10.2 Å². The molecule has 0 spiro atoms. The number of aromatic nitrogens is 5. The van der Waals surface area contributed by atoms with Crippen molar-refractivity contribution in [3.8, 4) is 28.3 Å². The van der Waals surface area contributed by atoms with Gasteiger partial charge in [0.15, 0.2) is 0 Å². The average Bonchev–Trinajstić information content (AvgIpc) is 3.41. The van der Waals surface area contributed by atoms with Crippen LogP contribution in [0.25, 0.3) is 27.8 Å². The summed E-state index contributed by atoms with van der Waals surface area (Å²) >= 11 is 6.03. The van der Waals surface area contributed by atoms with E-state index in [0.717, 1.165) is 46.7 Å². The minimum absolute atomic E-state index is 0.105. The lowest BCUT2D eigenvalue weighted by atomic mass is 10.0. The van der Waals surface area contributed by atoms with Crippen molar-refractivity contribution in [3.05, 3.63) is 89.3 Å². The van der Waals surface area contributed by atoms with E-state index in [2.05, 4.69) is 26.5 Å². The van der Waals surface area contributed by atoms with Gasteiger partial charge in [-0.05, 0) is 48.1 Å². The van der Waals surface area contributed by atoms with Gasteiger partial charge in [-0.2, -0.15) is 15.5 Å². The standard InChI is InChI=1S/C30H24ClFN8O/c1-38-13-20(11-36-38)18-7-21(29-19(8-33)10-37-40(29)14-18)17-5-6-27(34-9-17)39-15-23-22(24(23)16-39)12-35-30(41)28-25(31)3-2-4-26(28)32/h2-7,9-11,13-14,22-24H,12,15-16H2,1H3,(H,35,41)/t22?,23-,24+. The molecule has 0 radical (unpaired) electrons. The molecule has 7 rings (SSSR count). The number of hydrogen-bond acceptors (Lipinski definition) is 6. The SMILES string of the molecule is Cn1cc(-c2cc(-c3ccc(N4C[C@@H]5C(CNC(=O)c6c(F)cccc6Cl)[C@@H]5C4)nc3)c3c(C#N)cnn3c2)cn1. The Kier molecular flexibility index (Phi) is 5.98. The minimum Gasteiger partial charge on any atom is -0.356 e. The van der Waals surface area contributed by atoms with Crippen LogP contribution in [0.1, 0.15) is 15.9 Å². The predicted molar refractivity (Wildman–Crippen MR) is 152 cm³/mol. The highest BCUT2D eigenvalue weighted by atomic mass is 35.5. The molecule has 204 valence electrons.